The van der Waals surface area contributed by atoms with Gasteiger partial charge in [-0.25, -0.2) is 0 Å². The molecule has 2 saturated carbocycles. The SMILES string of the molecule is CSC1CCC(N=C(N)C2CCCCC2)CC1. The predicted octanol–water partition coefficient (Wildman–Crippen LogP) is 3.60. The van der Waals surface area contributed by atoms with Crippen LogP contribution in [0.15, 0.2) is 4.99 Å². The second kappa shape index (κ2) is 6.67. The van der Waals surface area contributed by atoms with Crippen LogP contribution in [0.3, 0.4) is 0 Å². The summed E-state index contributed by atoms with van der Waals surface area (Å²) in [6.45, 7) is 0. The number of hydrogen-bond donors (Lipinski definition) is 1. The van der Waals surface area contributed by atoms with Gasteiger partial charge in [-0.3, -0.25) is 4.99 Å². The Kier molecular flexibility index (Phi) is 5.20. The molecule has 0 bridgehead atoms. The number of nitrogens with two attached hydrogens (primary N) is 1. The van der Waals surface area contributed by atoms with Crippen LogP contribution in [0, 0.1) is 5.92 Å². The molecule has 0 atom stereocenters. The second-order valence-electron chi connectivity index (χ2n) is 5.56. The van der Waals surface area contributed by atoms with Crippen LogP contribution >= 0.6 is 11.8 Å². The van der Waals surface area contributed by atoms with Gasteiger partial charge < -0.3 is 5.73 Å². The maximum atomic E-state index is 6.19. The Bertz CT molecular complexity index is 251. The summed E-state index contributed by atoms with van der Waals surface area (Å²) in [6.07, 6.45) is 14.0. The van der Waals surface area contributed by atoms with Gasteiger partial charge in [0, 0.05) is 11.2 Å². The van der Waals surface area contributed by atoms with Gasteiger partial charge in [-0.15, -0.1) is 0 Å². The lowest BCUT2D eigenvalue weighted by Gasteiger charge is -2.27. The van der Waals surface area contributed by atoms with Crippen molar-refractivity contribution in [2.45, 2.75) is 69.1 Å². The highest BCUT2D eigenvalue weighted by Crippen LogP contribution is 2.29. The molecular formula is C14H26N2S. The van der Waals surface area contributed by atoms with Crippen LogP contribution in [0.5, 0.6) is 0 Å². The summed E-state index contributed by atoms with van der Waals surface area (Å²) in [7, 11) is 0. The van der Waals surface area contributed by atoms with Gasteiger partial charge in [0.2, 0.25) is 0 Å². The molecule has 2 rings (SSSR count). The zero-order valence-electron chi connectivity index (χ0n) is 11.0. The fraction of sp³-hybridized carbons (Fsp3) is 0.929. The van der Waals surface area contributed by atoms with Crippen LogP contribution in [-0.2, 0) is 0 Å². The lowest BCUT2D eigenvalue weighted by molar-refractivity contribution is 0.423. The highest BCUT2D eigenvalue weighted by molar-refractivity contribution is 7.99. The van der Waals surface area contributed by atoms with Crippen LogP contribution in [0.1, 0.15) is 57.8 Å². The van der Waals surface area contributed by atoms with E-state index in [0.717, 1.165) is 11.1 Å². The van der Waals surface area contributed by atoms with Crippen LogP contribution in [0.4, 0.5) is 0 Å². The molecule has 2 N–H and O–H groups in total. The first-order valence-corrected chi connectivity index (χ1v) is 8.44. The van der Waals surface area contributed by atoms with E-state index in [1.165, 1.54) is 57.8 Å². The maximum absolute atomic E-state index is 6.19. The first kappa shape index (κ1) is 13.3. The Morgan fingerprint density at radius 3 is 2.24 bits per heavy atom. The highest BCUT2D eigenvalue weighted by atomic mass is 32.2. The number of amidine groups is 1. The van der Waals surface area contributed by atoms with Gasteiger partial charge in [-0.2, -0.15) is 11.8 Å². The Balaban J connectivity index is 1.82. The monoisotopic (exact) mass is 254 g/mol. The third-order valence-electron chi connectivity index (χ3n) is 4.33. The molecule has 0 aromatic heterocycles. The van der Waals surface area contributed by atoms with Crippen molar-refractivity contribution in [1.82, 2.24) is 0 Å². The van der Waals surface area contributed by atoms with Crippen LogP contribution in [0.2, 0.25) is 0 Å². The maximum Gasteiger partial charge on any atom is 0.0971 e. The van der Waals surface area contributed by atoms with Crippen LogP contribution < -0.4 is 5.73 Å². The van der Waals surface area contributed by atoms with Crippen molar-refractivity contribution in [3.8, 4) is 0 Å². The summed E-state index contributed by atoms with van der Waals surface area (Å²) in [6, 6.07) is 0.528. The third kappa shape index (κ3) is 3.90. The fourth-order valence-corrected chi connectivity index (χ4v) is 3.87. The fourth-order valence-electron chi connectivity index (χ4n) is 3.12. The first-order chi connectivity index (χ1) is 8.29. The average molecular weight is 254 g/mol. The number of rotatable bonds is 3. The normalized spacial score (nSPS) is 32.6. The molecule has 98 valence electrons. The number of thioether (sulfide) groups is 1. The smallest absolute Gasteiger partial charge is 0.0971 e. The molecule has 0 heterocycles. The first-order valence-electron chi connectivity index (χ1n) is 7.15. The summed E-state index contributed by atoms with van der Waals surface area (Å²) in [4.78, 5) is 4.81. The van der Waals surface area contributed by atoms with Crippen molar-refractivity contribution < 1.29 is 0 Å². The zero-order chi connectivity index (χ0) is 12.1. The zero-order valence-corrected chi connectivity index (χ0v) is 11.8. The molecule has 0 amide bonds. The van der Waals surface area contributed by atoms with Gasteiger partial charge in [0.15, 0.2) is 0 Å². The van der Waals surface area contributed by atoms with Gasteiger partial charge in [0.1, 0.15) is 0 Å². The molecule has 2 aliphatic carbocycles. The van der Waals surface area contributed by atoms with E-state index < -0.39 is 0 Å². The van der Waals surface area contributed by atoms with E-state index in [1.807, 2.05) is 11.8 Å². The Hall–Kier alpha value is -0.180. The average Bonchev–Trinajstić information content (AvgIpc) is 2.40. The Morgan fingerprint density at radius 2 is 1.65 bits per heavy atom. The van der Waals surface area contributed by atoms with Gasteiger partial charge >= 0.3 is 0 Å². The molecule has 2 aliphatic rings. The molecule has 2 fully saturated rings. The summed E-state index contributed by atoms with van der Waals surface area (Å²) >= 11 is 2.02. The van der Waals surface area contributed by atoms with Gasteiger partial charge in [0.25, 0.3) is 0 Å². The van der Waals surface area contributed by atoms with Gasteiger partial charge in [-0.05, 0) is 44.8 Å². The van der Waals surface area contributed by atoms with Gasteiger partial charge in [0.05, 0.1) is 11.9 Å². The minimum atomic E-state index is 0.528. The molecular weight excluding hydrogens is 228 g/mol. The van der Waals surface area contributed by atoms with Crippen LogP contribution in [0.25, 0.3) is 0 Å². The number of hydrogen-bond acceptors (Lipinski definition) is 2. The van der Waals surface area contributed by atoms with E-state index in [1.54, 1.807) is 0 Å². The van der Waals surface area contributed by atoms with Crippen molar-refractivity contribution in [3.63, 3.8) is 0 Å². The molecule has 17 heavy (non-hydrogen) atoms. The van der Waals surface area contributed by atoms with E-state index >= 15 is 0 Å². The Labute approximate surface area is 110 Å². The lowest BCUT2D eigenvalue weighted by Crippen LogP contribution is -2.29. The van der Waals surface area contributed by atoms with Crippen LogP contribution in [-0.4, -0.2) is 23.4 Å². The highest BCUT2D eigenvalue weighted by Gasteiger charge is 2.22. The van der Waals surface area contributed by atoms with Crippen molar-refractivity contribution in [3.05, 3.63) is 0 Å². The topological polar surface area (TPSA) is 38.4 Å². The van der Waals surface area contributed by atoms with Gasteiger partial charge in [-0.1, -0.05) is 19.3 Å². The molecule has 0 aliphatic heterocycles. The number of nitrogens with zero attached hydrogens (tertiary/aromatic N) is 1. The number of aliphatic imine (C=N–C) groups is 1. The second-order valence-corrected chi connectivity index (χ2v) is 6.69. The van der Waals surface area contributed by atoms with E-state index in [9.17, 15) is 0 Å². The molecule has 3 heteroatoms. The third-order valence-corrected chi connectivity index (χ3v) is 5.47. The predicted molar refractivity (Wildman–Crippen MR) is 77.8 cm³/mol. The molecule has 0 saturated heterocycles. The van der Waals surface area contributed by atoms with E-state index in [4.69, 9.17) is 10.7 Å². The van der Waals surface area contributed by atoms with Crippen molar-refractivity contribution in [2.24, 2.45) is 16.6 Å². The van der Waals surface area contributed by atoms with E-state index in [-0.39, 0.29) is 0 Å². The molecule has 0 aromatic carbocycles. The summed E-state index contributed by atoms with van der Waals surface area (Å²) < 4.78 is 0. The lowest BCUT2D eigenvalue weighted by atomic mass is 9.88. The van der Waals surface area contributed by atoms with Crippen molar-refractivity contribution in [2.75, 3.05) is 6.26 Å². The van der Waals surface area contributed by atoms with Crippen molar-refractivity contribution in [1.29, 1.82) is 0 Å². The summed E-state index contributed by atoms with van der Waals surface area (Å²) in [5.74, 6) is 1.57. The molecule has 0 aromatic rings. The molecule has 0 spiro atoms. The summed E-state index contributed by atoms with van der Waals surface area (Å²) in [5, 5.41) is 0.873. The molecule has 0 unspecified atom stereocenters. The standard InChI is InChI=1S/C14H26N2S/c1-17-13-9-7-12(8-10-13)16-14(15)11-5-3-2-4-6-11/h11-13H,2-10H2,1H3,(H2,15,16). The minimum Gasteiger partial charge on any atom is -0.387 e. The molecule has 0 radical (unpaired) electrons. The van der Waals surface area contributed by atoms with Crippen molar-refractivity contribution >= 4 is 17.6 Å². The molecule has 2 nitrogen and oxygen atoms in total. The minimum absolute atomic E-state index is 0.528. The van der Waals surface area contributed by atoms with E-state index in [2.05, 4.69) is 6.26 Å². The summed E-state index contributed by atoms with van der Waals surface area (Å²) in [5.41, 5.74) is 6.19. The largest absolute Gasteiger partial charge is 0.387 e. The Morgan fingerprint density at radius 1 is 1.00 bits per heavy atom. The van der Waals surface area contributed by atoms with E-state index in [0.29, 0.717) is 12.0 Å². The quantitative estimate of drug-likeness (QED) is 0.617.